The molecule has 0 aromatic rings. The summed E-state index contributed by atoms with van der Waals surface area (Å²) in [5.74, 6) is 0.0881. The smallest absolute Gasteiger partial charge is 0.240 e. The van der Waals surface area contributed by atoms with Gasteiger partial charge in [0.1, 0.15) is 4.87 Å². The molecule has 2 amide bonds. The van der Waals surface area contributed by atoms with Gasteiger partial charge in [-0.05, 0) is 39.0 Å². The van der Waals surface area contributed by atoms with Crippen LogP contribution < -0.4 is 5.32 Å². The van der Waals surface area contributed by atoms with Gasteiger partial charge in [-0.1, -0.05) is 23.4 Å². The van der Waals surface area contributed by atoms with E-state index in [9.17, 15) is 9.59 Å². The second kappa shape index (κ2) is 5.60. The second-order valence-corrected chi connectivity index (χ2v) is 7.01. The maximum Gasteiger partial charge on any atom is 0.240 e. The van der Waals surface area contributed by atoms with Gasteiger partial charge in [-0.15, -0.1) is 5.10 Å². The highest BCUT2D eigenvalue weighted by molar-refractivity contribution is 8.15. The van der Waals surface area contributed by atoms with Crippen molar-refractivity contribution in [3.63, 3.8) is 0 Å². The van der Waals surface area contributed by atoms with Gasteiger partial charge in [-0.3, -0.25) is 9.59 Å². The van der Waals surface area contributed by atoms with Crippen molar-refractivity contribution in [2.24, 2.45) is 11.0 Å². The molecule has 2 atom stereocenters. The highest BCUT2D eigenvalue weighted by Crippen LogP contribution is 2.47. The minimum absolute atomic E-state index is 0.0911. The number of rotatable bonds is 1. The number of carbonyl (C=O) groups is 2. The normalized spacial score (nSPS) is 29.8. The molecule has 1 heterocycles. The summed E-state index contributed by atoms with van der Waals surface area (Å²) in [6, 6.07) is 0. The Morgan fingerprint density at radius 2 is 2.20 bits per heavy atom. The van der Waals surface area contributed by atoms with E-state index in [-0.39, 0.29) is 11.8 Å². The van der Waals surface area contributed by atoms with Crippen molar-refractivity contribution >= 4 is 28.7 Å². The Balaban J connectivity index is 2.21. The molecule has 1 aliphatic heterocycles. The predicted molar refractivity (Wildman–Crippen MR) is 80.9 cm³/mol. The van der Waals surface area contributed by atoms with E-state index in [1.807, 2.05) is 6.92 Å². The maximum atomic E-state index is 11.9. The Bertz CT molecular complexity index is 501. The second-order valence-electron chi connectivity index (χ2n) is 5.60. The number of hydrazone groups is 1. The fourth-order valence-corrected chi connectivity index (χ4v) is 4.09. The summed E-state index contributed by atoms with van der Waals surface area (Å²) in [6.07, 6.45) is 5.29. The van der Waals surface area contributed by atoms with Crippen molar-refractivity contribution in [3.8, 4) is 0 Å². The highest BCUT2D eigenvalue weighted by atomic mass is 32.2. The lowest BCUT2D eigenvalue weighted by molar-refractivity contribution is -0.133. The van der Waals surface area contributed by atoms with Crippen LogP contribution in [0.2, 0.25) is 0 Å². The zero-order valence-corrected chi connectivity index (χ0v) is 13.2. The molecule has 1 aliphatic carbocycles. The SMILES string of the molecule is CC(=O)NC1=NN(C(C)=O)[C@@](C)([C@@H]2CC=C(C)CC2)S1. The van der Waals surface area contributed by atoms with Crippen LogP contribution in [0.3, 0.4) is 0 Å². The number of nitrogens with zero attached hydrogens (tertiary/aromatic N) is 2. The van der Waals surface area contributed by atoms with Crippen molar-refractivity contribution in [2.75, 3.05) is 0 Å². The number of carbonyl (C=O) groups excluding carboxylic acids is 2. The molecule has 1 N–H and O–H groups in total. The van der Waals surface area contributed by atoms with Crippen LogP contribution in [-0.4, -0.2) is 26.9 Å². The lowest BCUT2D eigenvalue weighted by Gasteiger charge is -2.39. The average Bonchev–Trinajstić information content (AvgIpc) is 2.67. The molecule has 0 aromatic heterocycles. The fourth-order valence-electron chi connectivity index (χ4n) is 2.74. The minimum atomic E-state index is -0.416. The first kappa shape index (κ1) is 15.1. The van der Waals surface area contributed by atoms with Gasteiger partial charge in [0.05, 0.1) is 0 Å². The number of nitrogens with one attached hydrogen (secondary N) is 1. The molecule has 20 heavy (non-hydrogen) atoms. The molecule has 5 nitrogen and oxygen atoms in total. The van der Waals surface area contributed by atoms with Gasteiger partial charge in [0, 0.05) is 13.8 Å². The van der Waals surface area contributed by atoms with Gasteiger partial charge >= 0.3 is 0 Å². The molecule has 110 valence electrons. The van der Waals surface area contributed by atoms with Gasteiger partial charge in [0.25, 0.3) is 0 Å². The molecular formula is C14H21N3O2S. The Morgan fingerprint density at radius 1 is 1.50 bits per heavy atom. The van der Waals surface area contributed by atoms with Crippen LogP contribution in [0.5, 0.6) is 0 Å². The number of amidine groups is 1. The van der Waals surface area contributed by atoms with Crippen molar-refractivity contribution in [2.45, 2.75) is 51.8 Å². The van der Waals surface area contributed by atoms with Crippen LogP contribution in [0.25, 0.3) is 0 Å². The quantitative estimate of drug-likeness (QED) is 0.756. The Kier molecular flexibility index (Phi) is 4.22. The standard InChI is InChI=1S/C14H21N3O2S/c1-9-5-7-12(8-6-9)14(4)17(11(3)19)16-13(20-14)15-10(2)18/h5,12H,6-8H2,1-4H3,(H,15,16,18)/t12-,14-/m1/s1. The third kappa shape index (κ3) is 2.90. The zero-order chi connectivity index (χ0) is 14.9. The number of amides is 2. The molecule has 0 radical (unpaired) electrons. The first-order valence-electron chi connectivity index (χ1n) is 6.84. The van der Waals surface area contributed by atoms with Gasteiger partial charge in [-0.25, -0.2) is 5.01 Å². The largest absolute Gasteiger partial charge is 0.304 e. The average molecular weight is 295 g/mol. The van der Waals surface area contributed by atoms with Gasteiger partial charge in [0.15, 0.2) is 5.17 Å². The predicted octanol–water partition coefficient (Wildman–Crippen LogP) is 2.45. The fraction of sp³-hybridized carbons (Fsp3) is 0.643. The number of hydrogen-bond acceptors (Lipinski definition) is 4. The van der Waals surface area contributed by atoms with E-state index in [0.29, 0.717) is 11.1 Å². The molecule has 0 aromatic carbocycles. The van der Waals surface area contributed by atoms with E-state index in [1.54, 1.807) is 0 Å². The molecule has 0 saturated heterocycles. The van der Waals surface area contributed by atoms with Crippen LogP contribution in [0, 0.1) is 5.92 Å². The molecule has 0 unspecified atom stereocenters. The van der Waals surface area contributed by atoms with Gasteiger partial charge in [-0.2, -0.15) is 0 Å². The van der Waals surface area contributed by atoms with E-state index < -0.39 is 4.87 Å². The molecule has 0 fully saturated rings. The molecule has 0 spiro atoms. The number of thioether (sulfide) groups is 1. The third-order valence-corrected chi connectivity index (χ3v) is 5.19. The van der Waals surface area contributed by atoms with Gasteiger partial charge < -0.3 is 5.32 Å². The minimum Gasteiger partial charge on any atom is -0.304 e. The highest BCUT2D eigenvalue weighted by Gasteiger charge is 2.47. The van der Waals surface area contributed by atoms with Crippen molar-refractivity contribution in [1.82, 2.24) is 10.3 Å². The van der Waals surface area contributed by atoms with Crippen LogP contribution in [0.15, 0.2) is 16.8 Å². The van der Waals surface area contributed by atoms with Gasteiger partial charge in [0.2, 0.25) is 11.8 Å². The molecule has 0 saturated carbocycles. The van der Waals surface area contributed by atoms with Crippen molar-refractivity contribution in [3.05, 3.63) is 11.6 Å². The van der Waals surface area contributed by atoms with E-state index in [0.717, 1.165) is 19.3 Å². The Labute approximate surface area is 123 Å². The molecule has 2 aliphatic rings. The summed E-state index contributed by atoms with van der Waals surface area (Å²) in [7, 11) is 0. The summed E-state index contributed by atoms with van der Waals surface area (Å²) in [6.45, 7) is 7.14. The van der Waals surface area contributed by atoms with Crippen LogP contribution in [-0.2, 0) is 9.59 Å². The van der Waals surface area contributed by atoms with Crippen molar-refractivity contribution < 1.29 is 9.59 Å². The topological polar surface area (TPSA) is 61.8 Å². The first-order valence-corrected chi connectivity index (χ1v) is 7.66. The molecule has 0 bridgehead atoms. The van der Waals surface area contributed by atoms with Crippen molar-refractivity contribution in [1.29, 1.82) is 0 Å². The van der Waals surface area contributed by atoms with E-state index in [2.05, 4.69) is 23.4 Å². The van der Waals surface area contributed by atoms with E-state index in [1.165, 1.54) is 36.2 Å². The van der Waals surface area contributed by atoms with E-state index in [4.69, 9.17) is 0 Å². The first-order chi connectivity index (χ1) is 9.33. The molecular weight excluding hydrogens is 274 g/mol. The molecule has 2 rings (SSSR count). The zero-order valence-electron chi connectivity index (χ0n) is 12.4. The van der Waals surface area contributed by atoms with Crippen LogP contribution >= 0.6 is 11.8 Å². The van der Waals surface area contributed by atoms with Crippen LogP contribution in [0.1, 0.15) is 47.0 Å². The summed E-state index contributed by atoms with van der Waals surface area (Å²) in [4.78, 5) is 22.6. The lowest BCUT2D eigenvalue weighted by atomic mass is 9.85. The van der Waals surface area contributed by atoms with Crippen LogP contribution in [0.4, 0.5) is 0 Å². The third-order valence-electron chi connectivity index (χ3n) is 3.89. The number of hydrogen-bond donors (Lipinski definition) is 1. The summed E-state index contributed by atoms with van der Waals surface area (Å²) in [5.41, 5.74) is 1.41. The monoisotopic (exact) mass is 295 g/mol. The summed E-state index contributed by atoms with van der Waals surface area (Å²) < 4.78 is 0. The summed E-state index contributed by atoms with van der Waals surface area (Å²) in [5, 5.41) is 9.03. The molecule has 6 heteroatoms. The van der Waals surface area contributed by atoms with E-state index >= 15 is 0 Å². The summed E-state index contributed by atoms with van der Waals surface area (Å²) >= 11 is 1.48. The maximum absolute atomic E-state index is 11.9. The Morgan fingerprint density at radius 3 is 2.70 bits per heavy atom. The Hall–Kier alpha value is -1.30. The number of allylic oxidation sites excluding steroid dienone is 2. The lowest BCUT2D eigenvalue weighted by Crippen LogP contribution is -2.46.